The van der Waals surface area contributed by atoms with Crippen LogP contribution in [0.5, 0.6) is 0 Å². The van der Waals surface area contributed by atoms with Crippen LogP contribution >= 0.6 is 0 Å². The zero-order valence-corrected chi connectivity index (χ0v) is 15.1. The van der Waals surface area contributed by atoms with Crippen molar-refractivity contribution in [2.75, 3.05) is 6.54 Å². The van der Waals surface area contributed by atoms with E-state index in [1.807, 2.05) is 0 Å². The SMILES string of the molecule is CC(C)C(NS(=O)(=O)c1ccc(F)cc1)C(=O)CC1CNNC(=O)C1=O. The van der Waals surface area contributed by atoms with Crippen molar-refractivity contribution in [3.63, 3.8) is 0 Å². The number of rotatable bonds is 7. The number of nitrogens with one attached hydrogen (secondary N) is 3. The molecule has 8 nitrogen and oxygen atoms in total. The first-order chi connectivity index (χ1) is 12.1. The Balaban J connectivity index is 2.15. The summed E-state index contributed by atoms with van der Waals surface area (Å²) in [6, 6.07) is 3.12. The van der Waals surface area contributed by atoms with Crippen LogP contribution in [0.4, 0.5) is 4.39 Å². The summed E-state index contributed by atoms with van der Waals surface area (Å²) < 4.78 is 40.2. The highest BCUT2D eigenvalue weighted by atomic mass is 32.2. The van der Waals surface area contributed by atoms with E-state index in [-0.39, 0.29) is 17.9 Å². The predicted molar refractivity (Wildman–Crippen MR) is 89.6 cm³/mol. The monoisotopic (exact) mass is 385 g/mol. The maximum absolute atomic E-state index is 13.0. The van der Waals surface area contributed by atoms with Crippen LogP contribution < -0.4 is 15.6 Å². The number of benzene rings is 1. The van der Waals surface area contributed by atoms with E-state index in [0.717, 1.165) is 24.3 Å². The van der Waals surface area contributed by atoms with E-state index < -0.39 is 51.2 Å². The van der Waals surface area contributed by atoms with Crippen molar-refractivity contribution in [3.05, 3.63) is 30.1 Å². The largest absolute Gasteiger partial charge is 0.301 e. The molecule has 1 saturated heterocycles. The minimum absolute atomic E-state index is 0.0891. The standard InChI is InChI=1S/C16H20FN3O5S/c1-9(2)14(13(21)7-10-8-18-19-16(23)15(10)22)20-26(24,25)12-5-3-11(17)4-6-12/h3-6,9-10,14,18,20H,7-8H2,1-2H3,(H,19,23). The first kappa shape index (κ1) is 20.1. The van der Waals surface area contributed by atoms with Gasteiger partial charge in [-0.25, -0.2) is 23.0 Å². The molecule has 1 aliphatic rings. The molecule has 1 amide bonds. The quantitative estimate of drug-likeness (QED) is 0.564. The number of carbonyl (C=O) groups is 3. The Hall–Kier alpha value is -2.17. The van der Waals surface area contributed by atoms with Crippen LogP contribution in [-0.2, 0) is 24.4 Å². The Morgan fingerprint density at radius 1 is 1.27 bits per heavy atom. The highest BCUT2D eigenvalue weighted by Gasteiger charge is 2.35. The molecule has 0 bridgehead atoms. The number of hydrazine groups is 1. The van der Waals surface area contributed by atoms with Gasteiger partial charge in [-0.2, -0.15) is 0 Å². The van der Waals surface area contributed by atoms with Crippen LogP contribution in [0, 0.1) is 17.7 Å². The van der Waals surface area contributed by atoms with E-state index >= 15 is 0 Å². The summed E-state index contributed by atoms with van der Waals surface area (Å²) in [5.41, 5.74) is 4.68. The summed E-state index contributed by atoms with van der Waals surface area (Å²) in [7, 11) is -4.05. The van der Waals surface area contributed by atoms with Gasteiger partial charge < -0.3 is 0 Å². The normalized spacial score (nSPS) is 19.3. The van der Waals surface area contributed by atoms with E-state index in [9.17, 15) is 27.2 Å². The average molecular weight is 385 g/mol. The topological polar surface area (TPSA) is 121 Å². The summed E-state index contributed by atoms with van der Waals surface area (Å²) in [4.78, 5) is 35.6. The van der Waals surface area contributed by atoms with E-state index in [1.165, 1.54) is 0 Å². The zero-order chi connectivity index (χ0) is 19.5. The Morgan fingerprint density at radius 3 is 2.46 bits per heavy atom. The summed E-state index contributed by atoms with van der Waals surface area (Å²) >= 11 is 0. The molecule has 10 heteroatoms. The second-order valence-corrected chi connectivity index (χ2v) is 8.08. The third-order valence-corrected chi connectivity index (χ3v) is 5.47. The molecule has 1 aromatic rings. The van der Waals surface area contributed by atoms with Crippen LogP contribution in [-0.4, -0.2) is 38.5 Å². The summed E-state index contributed by atoms with van der Waals surface area (Å²) in [5, 5.41) is 0. The Morgan fingerprint density at radius 2 is 1.88 bits per heavy atom. The van der Waals surface area contributed by atoms with Gasteiger partial charge in [0.1, 0.15) is 5.82 Å². The Kier molecular flexibility index (Phi) is 6.21. The molecule has 1 fully saturated rings. The summed E-state index contributed by atoms with van der Waals surface area (Å²) in [5.74, 6) is -3.88. The number of hydrogen-bond acceptors (Lipinski definition) is 6. The number of ketones is 2. The van der Waals surface area contributed by atoms with Crippen molar-refractivity contribution in [2.45, 2.75) is 31.2 Å². The molecule has 1 heterocycles. The molecule has 1 aromatic carbocycles. The van der Waals surface area contributed by atoms with Gasteiger partial charge in [0.25, 0.3) is 0 Å². The Bertz CT molecular complexity index is 808. The molecule has 0 radical (unpaired) electrons. The number of sulfonamides is 1. The second kappa shape index (κ2) is 8.02. The lowest BCUT2D eigenvalue weighted by atomic mass is 9.90. The molecule has 2 rings (SSSR count). The number of hydrogen-bond donors (Lipinski definition) is 3. The van der Waals surface area contributed by atoms with Gasteiger partial charge in [-0.05, 0) is 30.2 Å². The van der Waals surface area contributed by atoms with Gasteiger partial charge in [-0.1, -0.05) is 13.8 Å². The first-order valence-corrected chi connectivity index (χ1v) is 9.48. The van der Waals surface area contributed by atoms with Crippen molar-refractivity contribution < 1.29 is 27.2 Å². The van der Waals surface area contributed by atoms with Crippen molar-refractivity contribution in [3.8, 4) is 0 Å². The third kappa shape index (κ3) is 4.71. The highest BCUT2D eigenvalue weighted by molar-refractivity contribution is 7.89. The number of carbonyl (C=O) groups excluding carboxylic acids is 3. The van der Waals surface area contributed by atoms with Gasteiger partial charge in [0, 0.05) is 18.9 Å². The fraction of sp³-hybridized carbons (Fsp3) is 0.438. The van der Waals surface area contributed by atoms with Crippen LogP contribution in [0.15, 0.2) is 29.2 Å². The Labute approximate surface area is 150 Å². The van der Waals surface area contributed by atoms with Crippen molar-refractivity contribution >= 4 is 27.5 Å². The zero-order valence-electron chi connectivity index (χ0n) is 14.3. The van der Waals surface area contributed by atoms with Crippen LogP contribution in [0.1, 0.15) is 20.3 Å². The predicted octanol–water partition coefficient (Wildman–Crippen LogP) is -0.0925. The van der Waals surface area contributed by atoms with Gasteiger partial charge in [0.2, 0.25) is 15.8 Å². The van der Waals surface area contributed by atoms with E-state index in [0.29, 0.717) is 0 Å². The molecule has 142 valence electrons. The van der Waals surface area contributed by atoms with Gasteiger partial charge in [-0.15, -0.1) is 0 Å². The molecule has 26 heavy (non-hydrogen) atoms. The minimum Gasteiger partial charge on any atom is -0.298 e. The molecule has 2 atom stereocenters. The molecule has 0 spiro atoms. The molecule has 1 aliphatic heterocycles. The maximum atomic E-state index is 13.0. The van der Waals surface area contributed by atoms with Crippen LogP contribution in [0.3, 0.4) is 0 Å². The maximum Gasteiger partial charge on any atom is 0.301 e. The molecular formula is C16H20FN3O5S. The number of amides is 1. The van der Waals surface area contributed by atoms with E-state index in [2.05, 4.69) is 15.6 Å². The molecular weight excluding hydrogens is 365 g/mol. The van der Waals surface area contributed by atoms with Crippen LogP contribution in [0.2, 0.25) is 0 Å². The molecule has 0 saturated carbocycles. The third-order valence-electron chi connectivity index (χ3n) is 4.01. The van der Waals surface area contributed by atoms with E-state index in [4.69, 9.17) is 0 Å². The minimum atomic E-state index is -4.05. The van der Waals surface area contributed by atoms with Crippen LogP contribution in [0.25, 0.3) is 0 Å². The smallest absolute Gasteiger partial charge is 0.298 e. The van der Waals surface area contributed by atoms with E-state index in [1.54, 1.807) is 13.8 Å². The van der Waals surface area contributed by atoms with Gasteiger partial charge in [0.15, 0.2) is 5.78 Å². The summed E-state index contributed by atoms with van der Waals surface area (Å²) in [6.07, 6.45) is -0.270. The number of halogens is 1. The van der Waals surface area contributed by atoms with Crippen molar-refractivity contribution in [1.82, 2.24) is 15.6 Å². The lowest BCUT2D eigenvalue weighted by Crippen LogP contribution is -2.54. The van der Waals surface area contributed by atoms with Crippen molar-refractivity contribution in [1.29, 1.82) is 0 Å². The fourth-order valence-corrected chi connectivity index (χ4v) is 3.92. The molecule has 0 aliphatic carbocycles. The molecule has 0 aromatic heterocycles. The first-order valence-electron chi connectivity index (χ1n) is 7.99. The van der Waals surface area contributed by atoms with Gasteiger partial charge in [0.05, 0.1) is 10.9 Å². The lowest BCUT2D eigenvalue weighted by Gasteiger charge is -2.25. The summed E-state index contributed by atoms with van der Waals surface area (Å²) in [6.45, 7) is 3.40. The molecule has 2 unspecified atom stereocenters. The number of Topliss-reactive ketones (excluding diaryl/α,β-unsaturated/α-hetero) is 2. The molecule has 3 N–H and O–H groups in total. The van der Waals surface area contributed by atoms with Gasteiger partial charge >= 0.3 is 5.91 Å². The average Bonchev–Trinajstić information content (AvgIpc) is 2.57. The highest BCUT2D eigenvalue weighted by Crippen LogP contribution is 2.17. The fourth-order valence-electron chi connectivity index (χ4n) is 2.55. The van der Waals surface area contributed by atoms with Crippen molar-refractivity contribution in [2.24, 2.45) is 11.8 Å². The van der Waals surface area contributed by atoms with Gasteiger partial charge in [-0.3, -0.25) is 19.8 Å². The second-order valence-electron chi connectivity index (χ2n) is 6.36. The lowest BCUT2D eigenvalue weighted by molar-refractivity contribution is -0.144.